The zero-order valence-corrected chi connectivity index (χ0v) is 13.1. The Bertz CT molecular complexity index is 863. The molecule has 1 N–H and O–H groups in total. The molecule has 2 aromatic rings. The first kappa shape index (κ1) is 17.3. The number of esters is 1. The van der Waals surface area contributed by atoms with E-state index in [1.54, 1.807) is 0 Å². The molecule has 0 aromatic heterocycles. The van der Waals surface area contributed by atoms with E-state index in [9.17, 15) is 23.9 Å². The van der Waals surface area contributed by atoms with Crippen molar-refractivity contribution >= 4 is 28.4 Å². The molecular weight excluding hydrogens is 338 g/mol. The highest BCUT2D eigenvalue weighted by atomic mass is 32.2. The van der Waals surface area contributed by atoms with Gasteiger partial charge in [-0.1, -0.05) is 12.1 Å². The van der Waals surface area contributed by atoms with E-state index in [0.29, 0.717) is 0 Å². The van der Waals surface area contributed by atoms with E-state index in [4.69, 9.17) is 5.11 Å². The highest BCUT2D eigenvalue weighted by Crippen LogP contribution is 2.29. The van der Waals surface area contributed by atoms with Gasteiger partial charge in [-0.15, -0.1) is 0 Å². The Labute approximate surface area is 138 Å². The first-order valence-electron chi connectivity index (χ1n) is 6.47. The van der Waals surface area contributed by atoms with Crippen LogP contribution < -0.4 is 0 Å². The summed E-state index contributed by atoms with van der Waals surface area (Å²) in [6.45, 7) is 0. The number of nitrogens with zero attached hydrogens (tertiary/aromatic N) is 1. The predicted molar refractivity (Wildman–Crippen MR) is 82.5 cm³/mol. The Morgan fingerprint density at radius 3 is 2.42 bits per heavy atom. The molecule has 0 amide bonds. The minimum atomic E-state index is -2.07. The molecule has 0 saturated heterocycles. The fourth-order valence-electron chi connectivity index (χ4n) is 1.98. The lowest BCUT2D eigenvalue weighted by atomic mass is 10.2. The van der Waals surface area contributed by atoms with Gasteiger partial charge in [-0.25, -0.2) is 13.8 Å². The summed E-state index contributed by atoms with van der Waals surface area (Å²) in [7, 11) is -0.911. The zero-order chi connectivity index (χ0) is 17.9. The van der Waals surface area contributed by atoms with Gasteiger partial charge in [0.2, 0.25) is 0 Å². The number of hydrogen-bond donors (Lipinski definition) is 1. The van der Waals surface area contributed by atoms with Crippen LogP contribution in [0.1, 0.15) is 20.7 Å². The number of nitro groups is 1. The van der Waals surface area contributed by atoms with Gasteiger partial charge in [0, 0.05) is 6.07 Å². The number of benzene rings is 2. The summed E-state index contributed by atoms with van der Waals surface area (Å²) in [4.78, 5) is 32.9. The Hall–Kier alpha value is -3.07. The average molecular weight is 349 g/mol. The van der Waals surface area contributed by atoms with Gasteiger partial charge in [0.05, 0.1) is 38.9 Å². The number of hydrogen-bond acceptors (Lipinski definition) is 6. The normalized spacial score (nSPS) is 11.5. The molecule has 0 aliphatic rings. The molecule has 0 bridgehead atoms. The molecule has 9 heteroatoms. The standard InChI is InChI=1S/C15H11NO7S/c1-23-15(19)10-4-2-3-5-12(10)24(22)13-7-6-9(14(17)18)8-11(13)16(20)21/h2-8H,1H3,(H,17,18). The Balaban J connectivity index is 2.61. The maximum atomic E-state index is 12.7. The first-order chi connectivity index (χ1) is 11.4. The molecule has 124 valence electrons. The van der Waals surface area contributed by atoms with Gasteiger partial charge in [-0.3, -0.25) is 10.1 Å². The number of ether oxygens (including phenoxy) is 1. The minimum absolute atomic E-state index is 0.00921. The summed E-state index contributed by atoms with van der Waals surface area (Å²) in [5.74, 6) is -2.07. The summed E-state index contributed by atoms with van der Waals surface area (Å²) in [6, 6.07) is 8.88. The summed E-state index contributed by atoms with van der Waals surface area (Å²) >= 11 is 0. The van der Waals surface area contributed by atoms with Crippen molar-refractivity contribution in [3.05, 3.63) is 63.7 Å². The van der Waals surface area contributed by atoms with Crippen LogP contribution in [-0.2, 0) is 15.5 Å². The van der Waals surface area contributed by atoms with Crippen molar-refractivity contribution in [3.63, 3.8) is 0 Å². The highest BCUT2D eigenvalue weighted by Gasteiger charge is 2.25. The third-order valence-corrected chi connectivity index (χ3v) is 4.59. The monoisotopic (exact) mass is 349 g/mol. The van der Waals surface area contributed by atoms with Crippen molar-refractivity contribution in [3.8, 4) is 0 Å². The number of methoxy groups -OCH3 is 1. The van der Waals surface area contributed by atoms with Crippen LogP contribution in [0.5, 0.6) is 0 Å². The predicted octanol–water partition coefficient (Wildman–Crippen LogP) is 2.25. The van der Waals surface area contributed by atoms with Crippen molar-refractivity contribution in [1.29, 1.82) is 0 Å². The van der Waals surface area contributed by atoms with Crippen LogP contribution >= 0.6 is 0 Å². The lowest BCUT2D eigenvalue weighted by Gasteiger charge is -2.08. The van der Waals surface area contributed by atoms with E-state index >= 15 is 0 Å². The van der Waals surface area contributed by atoms with Crippen LogP contribution in [0.25, 0.3) is 0 Å². The van der Waals surface area contributed by atoms with Crippen LogP contribution in [0.15, 0.2) is 52.3 Å². The third-order valence-electron chi connectivity index (χ3n) is 3.09. The topological polar surface area (TPSA) is 124 Å². The number of carboxylic acid groups (broad SMARTS) is 1. The van der Waals surface area contributed by atoms with Crippen LogP contribution in [0, 0.1) is 10.1 Å². The van der Waals surface area contributed by atoms with Crippen molar-refractivity contribution in [1.82, 2.24) is 0 Å². The zero-order valence-electron chi connectivity index (χ0n) is 12.3. The van der Waals surface area contributed by atoms with E-state index in [1.807, 2.05) is 0 Å². The Kier molecular flexibility index (Phi) is 5.05. The average Bonchev–Trinajstić information content (AvgIpc) is 2.59. The first-order valence-corrected chi connectivity index (χ1v) is 7.62. The van der Waals surface area contributed by atoms with Crippen LogP contribution in [0.4, 0.5) is 5.69 Å². The van der Waals surface area contributed by atoms with E-state index in [0.717, 1.165) is 25.3 Å². The van der Waals surface area contributed by atoms with Gasteiger partial charge in [-0.05, 0) is 24.3 Å². The number of carbonyl (C=O) groups is 2. The number of carbonyl (C=O) groups excluding carboxylic acids is 1. The van der Waals surface area contributed by atoms with Crippen LogP contribution in [-0.4, -0.2) is 33.3 Å². The number of rotatable bonds is 5. The summed E-state index contributed by atoms with van der Waals surface area (Å²) in [5.41, 5.74) is -0.897. The van der Waals surface area contributed by atoms with Gasteiger partial charge in [0.1, 0.15) is 4.90 Å². The number of nitro benzene ring substituents is 1. The maximum Gasteiger partial charge on any atom is 0.339 e. The summed E-state index contributed by atoms with van der Waals surface area (Å²) < 4.78 is 17.4. The van der Waals surface area contributed by atoms with Crippen LogP contribution in [0.3, 0.4) is 0 Å². The molecule has 1 atom stereocenters. The van der Waals surface area contributed by atoms with Gasteiger partial charge < -0.3 is 9.84 Å². The molecule has 8 nitrogen and oxygen atoms in total. The summed E-state index contributed by atoms with van der Waals surface area (Å²) in [6.07, 6.45) is 0. The molecule has 0 spiro atoms. The smallest absolute Gasteiger partial charge is 0.339 e. The molecule has 2 aromatic carbocycles. The fraction of sp³-hybridized carbons (Fsp3) is 0.0667. The quantitative estimate of drug-likeness (QED) is 0.498. The molecule has 24 heavy (non-hydrogen) atoms. The lowest BCUT2D eigenvalue weighted by molar-refractivity contribution is -0.387. The minimum Gasteiger partial charge on any atom is -0.478 e. The SMILES string of the molecule is COC(=O)c1ccccc1S(=O)c1ccc(C(=O)O)cc1[N+](=O)[O-]. The molecular formula is C15H11NO7S. The molecule has 0 aliphatic carbocycles. The van der Waals surface area contributed by atoms with Gasteiger partial charge >= 0.3 is 11.9 Å². The Morgan fingerprint density at radius 1 is 1.17 bits per heavy atom. The van der Waals surface area contributed by atoms with E-state index < -0.39 is 33.3 Å². The third kappa shape index (κ3) is 3.30. The lowest BCUT2D eigenvalue weighted by Crippen LogP contribution is -2.09. The Morgan fingerprint density at radius 2 is 1.83 bits per heavy atom. The summed E-state index contributed by atoms with van der Waals surface area (Å²) in [5, 5.41) is 20.1. The molecule has 0 heterocycles. The molecule has 0 aliphatic heterocycles. The molecule has 0 fully saturated rings. The maximum absolute atomic E-state index is 12.7. The van der Waals surface area contributed by atoms with Crippen molar-refractivity contribution in [2.24, 2.45) is 0 Å². The second-order valence-electron chi connectivity index (χ2n) is 4.50. The number of carboxylic acids is 1. The fourth-order valence-corrected chi connectivity index (χ4v) is 3.28. The van der Waals surface area contributed by atoms with Crippen molar-refractivity contribution in [2.75, 3.05) is 7.11 Å². The molecule has 1 unspecified atom stereocenters. The number of aromatic carboxylic acids is 1. The largest absolute Gasteiger partial charge is 0.478 e. The van der Waals surface area contributed by atoms with Gasteiger partial charge in [0.15, 0.2) is 0 Å². The van der Waals surface area contributed by atoms with Gasteiger partial charge in [-0.2, -0.15) is 0 Å². The van der Waals surface area contributed by atoms with E-state index in [-0.39, 0.29) is 20.9 Å². The van der Waals surface area contributed by atoms with Gasteiger partial charge in [0.25, 0.3) is 5.69 Å². The molecule has 0 saturated carbocycles. The highest BCUT2D eigenvalue weighted by molar-refractivity contribution is 7.85. The van der Waals surface area contributed by atoms with Crippen molar-refractivity contribution in [2.45, 2.75) is 9.79 Å². The molecule has 2 rings (SSSR count). The second kappa shape index (κ2) is 7.01. The van der Waals surface area contributed by atoms with E-state index in [2.05, 4.69) is 4.74 Å². The van der Waals surface area contributed by atoms with E-state index in [1.165, 1.54) is 24.3 Å². The van der Waals surface area contributed by atoms with Crippen molar-refractivity contribution < 1.29 is 28.6 Å². The molecule has 0 radical (unpaired) electrons. The second-order valence-corrected chi connectivity index (χ2v) is 5.92. The van der Waals surface area contributed by atoms with Crippen LogP contribution in [0.2, 0.25) is 0 Å².